The molecule has 1 amide bonds. The summed E-state index contributed by atoms with van der Waals surface area (Å²) in [6.07, 6.45) is 2.67. The summed E-state index contributed by atoms with van der Waals surface area (Å²) in [6, 6.07) is 26.5. The average molecular weight is 450 g/mol. The Morgan fingerprint density at radius 2 is 1.79 bits per heavy atom. The Labute approximate surface area is 196 Å². The summed E-state index contributed by atoms with van der Waals surface area (Å²) < 4.78 is 0. The summed E-state index contributed by atoms with van der Waals surface area (Å²) in [4.78, 5) is 17.2. The van der Waals surface area contributed by atoms with Crippen molar-refractivity contribution in [1.29, 1.82) is 0 Å². The molecule has 7 nitrogen and oxygen atoms in total. The molecule has 2 heterocycles. The molecule has 34 heavy (non-hydrogen) atoms. The van der Waals surface area contributed by atoms with Gasteiger partial charge in [0.15, 0.2) is 5.69 Å². The van der Waals surface area contributed by atoms with Gasteiger partial charge in [-0.05, 0) is 35.9 Å². The Morgan fingerprint density at radius 1 is 0.971 bits per heavy atom. The van der Waals surface area contributed by atoms with E-state index in [0.717, 1.165) is 27.7 Å². The van der Waals surface area contributed by atoms with Crippen LogP contribution in [-0.2, 0) is 6.54 Å². The molecule has 0 fully saturated rings. The molecule has 5 aromatic rings. The second-order valence-electron chi connectivity index (χ2n) is 7.88. The molecule has 0 aliphatic carbocycles. The van der Waals surface area contributed by atoms with Crippen LogP contribution >= 0.6 is 0 Å². The zero-order chi connectivity index (χ0) is 23.3. The van der Waals surface area contributed by atoms with Gasteiger partial charge in [-0.2, -0.15) is 5.10 Å². The summed E-state index contributed by atoms with van der Waals surface area (Å²) in [5.41, 5.74) is 4.90. The van der Waals surface area contributed by atoms with Crippen molar-refractivity contribution >= 4 is 28.2 Å². The lowest BCUT2D eigenvalue weighted by atomic mass is 10.00. The Morgan fingerprint density at radius 3 is 2.68 bits per heavy atom. The Hall–Kier alpha value is -4.49. The van der Waals surface area contributed by atoms with Crippen LogP contribution in [0.5, 0.6) is 0 Å². The van der Waals surface area contributed by atoms with E-state index in [0.29, 0.717) is 23.5 Å². The number of fused-ring (bicyclic) bond motifs is 1. The number of carbonyl (C=O) groups is 1. The van der Waals surface area contributed by atoms with Crippen LogP contribution in [0.25, 0.3) is 10.9 Å². The molecular weight excluding hydrogens is 426 g/mol. The van der Waals surface area contributed by atoms with E-state index in [9.17, 15) is 9.90 Å². The fourth-order valence-corrected chi connectivity index (χ4v) is 3.89. The molecule has 0 aliphatic rings. The number of benzene rings is 3. The van der Waals surface area contributed by atoms with Gasteiger partial charge in [0.25, 0.3) is 5.91 Å². The second-order valence-corrected chi connectivity index (χ2v) is 7.88. The molecule has 1 unspecified atom stereocenters. The number of aliphatic hydroxyl groups is 1. The van der Waals surface area contributed by atoms with Crippen molar-refractivity contribution < 1.29 is 9.90 Å². The number of H-pyrrole nitrogens is 1. The summed E-state index contributed by atoms with van der Waals surface area (Å²) in [6.45, 7) is 0.361. The lowest BCUT2D eigenvalue weighted by molar-refractivity contribution is 0.102. The first kappa shape index (κ1) is 21.4. The third-order valence-corrected chi connectivity index (χ3v) is 5.64. The minimum atomic E-state index is -0.764. The topological polar surface area (TPSA) is 103 Å². The highest BCUT2D eigenvalue weighted by Crippen LogP contribution is 2.28. The van der Waals surface area contributed by atoms with Gasteiger partial charge in [-0.3, -0.25) is 14.9 Å². The maximum Gasteiger partial charge on any atom is 0.276 e. The number of para-hydroxylation sites is 1. The van der Waals surface area contributed by atoms with Crippen molar-refractivity contribution in [3.05, 3.63) is 120 Å². The number of hydrogen-bond donors (Lipinski definition) is 4. The Balaban J connectivity index is 1.31. The van der Waals surface area contributed by atoms with Crippen LogP contribution in [0.4, 0.5) is 11.4 Å². The van der Waals surface area contributed by atoms with E-state index < -0.39 is 6.10 Å². The van der Waals surface area contributed by atoms with Crippen LogP contribution in [0.15, 0.2) is 97.3 Å². The molecule has 0 saturated carbocycles. The quantitative estimate of drug-likeness (QED) is 0.283. The lowest BCUT2D eigenvalue weighted by Crippen LogP contribution is -2.16. The number of nitrogens with one attached hydrogen (secondary N) is 3. The molecule has 0 spiro atoms. The molecule has 0 aliphatic heterocycles. The van der Waals surface area contributed by atoms with Crippen molar-refractivity contribution in [2.45, 2.75) is 12.6 Å². The average Bonchev–Trinajstić information content (AvgIpc) is 3.36. The molecule has 0 saturated heterocycles. The number of aromatic nitrogens is 3. The monoisotopic (exact) mass is 449 g/mol. The Bertz CT molecular complexity index is 1430. The zero-order valence-electron chi connectivity index (χ0n) is 18.3. The van der Waals surface area contributed by atoms with Crippen LogP contribution in [0.2, 0.25) is 0 Å². The summed E-state index contributed by atoms with van der Waals surface area (Å²) in [5, 5.41) is 25.0. The molecule has 168 valence electrons. The van der Waals surface area contributed by atoms with Gasteiger partial charge in [-0.25, -0.2) is 0 Å². The maximum absolute atomic E-state index is 12.9. The van der Waals surface area contributed by atoms with Crippen LogP contribution in [0.3, 0.4) is 0 Å². The third-order valence-electron chi connectivity index (χ3n) is 5.64. The molecule has 2 aromatic heterocycles. The number of amides is 1. The highest BCUT2D eigenvalue weighted by molar-refractivity contribution is 6.04. The fourth-order valence-electron chi connectivity index (χ4n) is 3.89. The van der Waals surface area contributed by atoms with E-state index >= 15 is 0 Å². The van der Waals surface area contributed by atoms with Crippen molar-refractivity contribution in [1.82, 2.24) is 15.2 Å². The van der Waals surface area contributed by atoms with Gasteiger partial charge in [0, 0.05) is 46.8 Å². The molecule has 7 heteroatoms. The lowest BCUT2D eigenvalue weighted by Gasteiger charge is -2.17. The second kappa shape index (κ2) is 9.56. The number of pyridine rings is 1. The summed E-state index contributed by atoms with van der Waals surface area (Å²) >= 11 is 0. The first-order valence-corrected chi connectivity index (χ1v) is 10.9. The van der Waals surface area contributed by atoms with E-state index in [2.05, 4.69) is 25.8 Å². The minimum Gasteiger partial charge on any atom is -0.384 e. The molecule has 0 radical (unpaired) electrons. The number of rotatable bonds is 7. The third kappa shape index (κ3) is 4.51. The predicted octanol–water partition coefficient (Wildman–Crippen LogP) is 4.90. The highest BCUT2D eigenvalue weighted by atomic mass is 16.3. The SMILES string of the molecule is O=C(Nc1ccc2ncccc2c1)c1n[nH]cc1CNc1ccccc1C(O)c1ccccc1. The zero-order valence-corrected chi connectivity index (χ0v) is 18.3. The first-order valence-electron chi connectivity index (χ1n) is 10.9. The van der Waals surface area contributed by atoms with Crippen LogP contribution < -0.4 is 10.6 Å². The predicted molar refractivity (Wildman–Crippen MR) is 133 cm³/mol. The number of carbonyl (C=O) groups excluding carboxylic acids is 1. The van der Waals surface area contributed by atoms with Crippen molar-refractivity contribution in [3.63, 3.8) is 0 Å². The molecule has 0 bridgehead atoms. The van der Waals surface area contributed by atoms with Crippen molar-refractivity contribution in [3.8, 4) is 0 Å². The van der Waals surface area contributed by atoms with E-state index in [4.69, 9.17) is 0 Å². The van der Waals surface area contributed by atoms with Crippen LogP contribution in [0, 0.1) is 0 Å². The van der Waals surface area contributed by atoms with Crippen LogP contribution in [-0.4, -0.2) is 26.2 Å². The van der Waals surface area contributed by atoms with Crippen molar-refractivity contribution in [2.75, 3.05) is 10.6 Å². The van der Waals surface area contributed by atoms with E-state index in [1.807, 2.05) is 84.9 Å². The van der Waals surface area contributed by atoms with Gasteiger partial charge in [0.05, 0.1) is 5.52 Å². The van der Waals surface area contributed by atoms with Gasteiger partial charge >= 0.3 is 0 Å². The number of nitrogens with zero attached hydrogens (tertiary/aromatic N) is 2. The van der Waals surface area contributed by atoms with Gasteiger partial charge in [-0.15, -0.1) is 0 Å². The highest BCUT2D eigenvalue weighted by Gasteiger charge is 2.17. The molecule has 1 atom stereocenters. The summed E-state index contributed by atoms with van der Waals surface area (Å²) in [7, 11) is 0. The maximum atomic E-state index is 12.9. The first-order chi connectivity index (χ1) is 16.7. The van der Waals surface area contributed by atoms with E-state index in [1.54, 1.807) is 12.4 Å². The Kier molecular flexibility index (Phi) is 6.01. The number of hydrogen-bond acceptors (Lipinski definition) is 5. The van der Waals surface area contributed by atoms with E-state index in [-0.39, 0.29) is 5.91 Å². The van der Waals surface area contributed by atoms with Crippen molar-refractivity contribution in [2.24, 2.45) is 0 Å². The van der Waals surface area contributed by atoms with Gasteiger partial charge in [-0.1, -0.05) is 54.6 Å². The van der Waals surface area contributed by atoms with Gasteiger partial charge < -0.3 is 15.7 Å². The van der Waals surface area contributed by atoms with Gasteiger partial charge in [0.1, 0.15) is 6.10 Å². The standard InChI is InChI=1S/C27H23N5O2/c33-26(18-7-2-1-3-8-18)22-10-4-5-11-24(22)29-16-20-17-30-32-25(20)27(34)31-21-12-13-23-19(15-21)9-6-14-28-23/h1-15,17,26,29,33H,16H2,(H,30,32)(H,31,34). The number of anilines is 2. The molecule has 3 aromatic carbocycles. The fraction of sp³-hybridized carbons (Fsp3) is 0.0741. The van der Waals surface area contributed by atoms with Gasteiger partial charge in [0.2, 0.25) is 0 Å². The minimum absolute atomic E-state index is 0.305. The smallest absolute Gasteiger partial charge is 0.276 e. The summed E-state index contributed by atoms with van der Waals surface area (Å²) in [5.74, 6) is -0.307. The number of aliphatic hydroxyl groups excluding tert-OH is 1. The molecule has 4 N–H and O–H groups in total. The van der Waals surface area contributed by atoms with E-state index in [1.165, 1.54) is 0 Å². The molecule has 5 rings (SSSR count). The molecular formula is C27H23N5O2. The largest absolute Gasteiger partial charge is 0.384 e. The number of aromatic amines is 1. The van der Waals surface area contributed by atoms with Crippen LogP contribution in [0.1, 0.15) is 33.3 Å². The normalized spacial score (nSPS) is 11.8.